The SMILES string of the molecule is CC1(c2ccc(O)cc2)OC(=O)C(Nc2ccccc2)C1=O. The van der Waals surface area contributed by atoms with Crippen molar-refractivity contribution in [2.75, 3.05) is 5.32 Å². The van der Waals surface area contributed by atoms with Gasteiger partial charge in [-0.3, -0.25) is 4.79 Å². The molecule has 0 aliphatic carbocycles. The molecule has 0 bridgehead atoms. The fourth-order valence-electron chi connectivity index (χ4n) is 2.50. The monoisotopic (exact) mass is 297 g/mol. The number of carbonyl (C=O) groups is 2. The van der Waals surface area contributed by atoms with Gasteiger partial charge in [-0.15, -0.1) is 0 Å². The molecule has 5 nitrogen and oxygen atoms in total. The van der Waals surface area contributed by atoms with Crippen LogP contribution >= 0.6 is 0 Å². The molecule has 2 unspecified atom stereocenters. The Morgan fingerprint density at radius 3 is 2.32 bits per heavy atom. The number of benzene rings is 2. The number of Topliss-reactive ketones (excluding diaryl/α,β-unsaturated/α-hetero) is 1. The molecule has 1 heterocycles. The predicted octanol–water partition coefficient (Wildman–Crippen LogP) is 2.21. The van der Waals surface area contributed by atoms with Crippen LogP contribution < -0.4 is 5.32 Å². The number of esters is 1. The quantitative estimate of drug-likeness (QED) is 0.671. The van der Waals surface area contributed by atoms with Crippen LogP contribution in [0.3, 0.4) is 0 Å². The van der Waals surface area contributed by atoms with Crippen molar-refractivity contribution in [2.45, 2.75) is 18.6 Å². The second kappa shape index (κ2) is 5.18. The topological polar surface area (TPSA) is 75.6 Å². The second-order valence-corrected chi connectivity index (χ2v) is 5.31. The number of phenols is 1. The van der Waals surface area contributed by atoms with E-state index in [0.717, 1.165) is 0 Å². The number of rotatable bonds is 3. The van der Waals surface area contributed by atoms with Gasteiger partial charge in [0.05, 0.1) is 0 Å². The molecule has 2 aromatic carbocycles. The number of ketones is 1. The highest BCUT2D eigenvalue weighted by molar-refractivity contribution is 6.14. The molecule has 2 aromatic rings. The van der Waals surface area contributed by atoms with Crippen molar-refractivity contribution in [3.8, 4) is 5.75 Å². The summed E-state index contributed by atoms with van der Waals surface area (Å²) in [5, 5.41) is 12.2. The summed E-state index contributed by atoms with van der Waals surface area (Å²) in [7, 11) is 0. The van der Waals surface area contributed by atoms with E-state index < -0.39 is 17.6 Å². The Labute approximate surface area is 127 Å². The van der Waals surface area contributed by atoms with E-state index in [1.165, 1.54) is 12.1 Å². The number of hydrogen-bond donors (Lipinski definition) is 2. The molecule has 22 heavy (non-hydrogen) atoms. The van der Waals surface area contributed by atoms with Crippen LogP contribution in [0.15, 0.2) is 54.6 Å². The average molecular weight is 297 g/mol. The summed E-state index contributed by atoms with van der Waals surface area (Å²) in [6.45, 7) is 1.56. The number of anilines is 1. The number of para-hydroxylation sites is 1. The molecule has 0 amide bonds. The molecular weight excluding hydrogens is 282 g/mol. The van der Waals surface area contributed by atoms with Gasteiger partial charge in [0.2, 0.25) is 5.78 Å². The van der Waals surface area contributed by atoms with Gasteiger partial charge in [-0.1, -0.05) is 30.3 Å². The highest BCUT2D eigenvalue weighted by Gasteiger charge is 2.53. The summed E-state index contributed by atoms with van der Waals surface area (Å²) >= 11 is 0. The lowest BCUT2D eigenvalue weighted by atomic mass is 9.90. The minimum atomic E-state index is -1.35. The first-order valence-electron chi connectivity index (χ1n) is 6.89. The van der Waals surface area contributed by atoms with Crippen molar-refractivity contribution in [1.29, 1.82) is 0 Å². The van der Waals surface area contributed by atoms with Crippen LogP contribution in [0.25, 0.3) is 0 Å². The van der Waals surface area contributed by atoms with Gasteiger partial charge in [-0.05, 0) is 31.2 Å². The summed E-state index contributed by atoms with van der Waals surface area (Å²) in [6.07, 6.45) is 0. The zero-order chi connectivity index (χ0) is 15.7. The Kier molecular flexibility index (Phi) is 3.33. The molecule has 0 spiro atoms. The van der Waals surface area contributed by atoms with Crippen LogP contribution in [0.2, 0.25) is 0 Å². The average Bonchev–Trinajstić information content (AvgIpc) is 2.73. The van der Waals surface area contributed by atoms with E-state index in [0.29, 0.717) is 11.3 Å². The number of hydrogen-bond acceptors (Lipinski definition) is 5. The molecule has 0 aromatic heterocycles. The molecule has 2 atom stereocenters. The summed E-state index contributed by atoms with van der Waals surface area (Å²) in [6, 6.07) is 14.0. The third-order valence-electron chi connectivity index (χ3n) is 3.78. The number of aromatic hydroxyl groups is 1. The first-order valence-corrected chi connectivity index (χ1v) is 6.89. The van der Waals surface area contributed by atoms with E-state index in [4.69, 9.17) is 4.74 Å². The molecule has 0 radical (unpaired) electrons. The maximum Gasteiger partial charge on any atom is 0.337 e. The molecular formula is C17H15NO4. The van der Waals surface area contributed by atoms with Crippen LogP contribution in [0.1, 0.15) is 12.5 Å². The molecule has 3 rings (SSSR count). The van der Waals surface area contributed by atoms with Gasteiger partial charge in [0.15, 0.2) is 11.6 Å². The van der Waals surface area contributed by atoms with E-state index in [9.17, 15) is 14.7 Å². The normalized spacial score (nSPS) is 24.1. The van der Waals surface area contributed by atoms with Gasteiger partial charge in [0.1, 0.15) is 5.75 Å². The zero-order valence-electron chi connectivity index (χ0n) is 11.9. The number of ether oxygens (including phenoxy) is 1. The van der Waals surface area contributed by atoms with Gasteiger partial charge in [0, 0.05) is 11.3 Å². The molecule has 1 saturated heterocycles. The fraction of sp³-hybridized carbons (Fsp3) is 0.176. The largest absolute Gasteiger partial charge is 0.508 e. The predicted molar refractivity (Wildman–Crippen MR) is 80.4 cm³/mol. The summed E-state index contributed by atoms with van der Waals surface area (Å²) in [5.74, 6) is -0.875. The van der Waals surface area contributed by atoms with E-state index in [1.807, 2.05) is 18.2 Å². The van der Waals surface area contributed by atoms with Crippen LogP contribution in [0.5, 0.6) is 5.75 Å². The Hall–Kier alpha value is -2.82. The van der Waals surface area contributed by atoms with E-state index in [2.05, 4.69) is 5.32 Å². The Morgan fingerprint density at radius 1 is 1.05 bits per heavy atom. The highest BCUT2D eigenvalue weighted by Crippen LogP contribution is 2.35. The number of phenolic OH excluding ortho intramolecular Hbond substituents is 1. The lowest BCUT2D eigenvalue weighted by molar-refractivity contribution is -0.151. The molecule has 1 aliphatic rings. The summed E-state index contributed by atoms with van der Waals surface area (Å²) < 4.78 is 5.34. The Morgan fingerprint density at radius 2 is 1.68 bits per heavy atom. The van der Waals surface area contributed by atoms with Gasteiger partial charge in [-0.2, -0.15) is 0 Å². The van der Waals surface area contributed by atoms with Gasteiger partial charge >= 0.3 is 5.97 Å². The minimum Gasteiger partial charge on any atom is -0.508 e. The van der Waals surface area contributed by atoms with E-state index >= 15 is 0 Å². The third kappa shape index (κ3) is 2.30. The first-order chi connectivity index (χ1) is 10.5. The zero-order valence-corrected chi connectivity index (χ0v) is 11.9. The minimum absolute atomic E-state index is 0.0862. The molecule has 1 aliphatic heterocycles. The van der Waals surface area contributed by atoms with E-state index in [1.54, 1.807) is 31.2 Å². The van der Waals surface area contributed by atoms with Crippen molar-refractivity contribution >= 4 is 17.4 Å². The highest BCUT2D eigenvalue weighted by atomic mass is 16.6. The van der Waals surface area contributed by atoms with Crippen molar-refractivity contribution in [1.82, 2.24) is 0 Å². The third-order valence-corrected chi connectivity index (χ3v) is 3.78. The van der Waals surface area contributed by atoms with E-state index in [-0.39, 0.29) is 11.5 Å². The number of nitrogens with one attached hydrogen (secondary N) is 1. The lowest BCUT2D eigenvalue weighted by Gasteiger charge is -2.21. The Balaban J connectivity index is 1.89. The molecule has 112 valence electrons. The van der Waals surface area contributed by atoms with Crippen molar-refractivity contribution in [3.63, 3.8) is 0 Å². The maximum absolute atomic E-state index is 12.7. The lowest BCUT2D eigenvalue weighted by Crippen LogP contribution is -2.37. The van der Waals surface area contributed by atoms with Gasteiger partial charge in [-0.25, -0.2) is 4.79 Å². The molecule has 2 N–H and O–H groups in total. The molecule has 0 saturated carbocycles. The van der Waals surface area contributed by atoms with Crippen LogP contribution in [-0.4, -0.2) is 22.9 Å². The number of cyclic esters (lactones) is 1. The van der Waals surface area contributed by atoms with Crippen molar-refractivity contribution < 1.29 is 19.4 Å². The van der Waals surface area contributed by atoms with Crippen molar-refractivity contribution in [3.05, 3.63) is 60.2 Å². The smallest absolute Gasteiger partial charge is 0.337 e. The number of carbonyl (C=O) groups excluding carboxylic acids is 2. The van der Waals surface area contributed by atoms with Gasteiger partial charge in [0.25, 0.3) is 0 Å². The standard InChI is InChI=1S/C17H15NO4/c1-17(11-7-9-13(19)10-8-11)15(20)14(16(21)22-17)18-12-5-3-2-4-6-12/h2-10,14,18-19H,1H3. The van der Waals surface area contributed by atoms with Crippen LogP contribution in [0.4, 0.5) is 5.69 Å². The molecule has 5 heteroatoms. The van der Waals surface area contributed by atoms with Crippen LogP contribution in [0, 0.1) is 0 Å². The first kappa shape index (κ1) is 14.1. The van der Waals surface area contributed by atoms with Gasteiger partial charge < -0.3 is 15.2 Å². The van der Waals surface area contributed by atoms with Crippen molar-refractivity contribution in [2.24, 2.45) is 0 Å². The maximum atomic E-state index is 12.7. The second-order valence-electron chi connectivity index (χ2n) is 5.31. The Bertz CT molecular complexity index is 711. The fourth-order valence-corrected chi connectivity index (χ4v) is 2.50. The summed E-state index contributed by atoms with van der Waals surface area (Å²) in [5.41, 5.74) is -0.147. The summed E-state index contributed by atoms with van der Waals surface area (Å²) in [4.78, 5) is 24.7. The van der Waals surface area contributed by atoms with Crippen LogP contribution in [-0.2, 0) is 19.9 Å². The molecule has 1 fully saturated rings.